The third-order valence-electron chi connectivity index (χ3n) is 4.75. The Balaban J connectivity index is 2.77. The number of benzene rings is 1. The van der Waals surface area contributed by atoms with E-state index in [0.717, 1.165) is 5.56 Å². The molecule has 0 aliphatic carbocycles. The fourth-order valence-electron chi connectivity index (χ4n) is 2.85. The van der Waals surface area contributed by atoms with Crippen LogP contribution in [0.25, 0.3) is 11.3 Å². The number of allylic oxidation sites excluding steroid dienone is 1. The molecule has 0 atom stereocenters. The van der Waals surface area contributed by atoms with Crippen molar-refractivity contribution >= 4 is 17.3 Å². The summed E-state index contributed by atoms with van der Waals surface area (Å²) >= 11 is 0. The molecule has 6 heteroatoms. The Morgan fingerprint density at radius 2 is 1.73 bits per heavy atom. The number of nitrogens with zero attached hydrogens (tertiary/aromatic N) is 3. The van der Waals surface area contributed by atoms with Gasteiger partial charge in [-0.25, -0.2) is 4.39 Å². The molecule has 1 aromatic heterocycles. The molecule has 1 heterocycles. The summed E-state index contributed by atoms with van der Waals surface area (Å²) in [5.74, 6) is -1.27. The third kappa shape index (κ3) is 4.79. The van der Waals surface area contributed by atoms with Crippen molar-refractivity contribution in [3.63, 3.8) is 0 Å². The minimum atomic E-state index is -0.829. The van der Waals surface area contributed by atoms with Gasteiger partial charge in [0.2, 0.25) is 0 Å². The van der Waals surface area contributed by atoms with Gasteiger partial charge >= 0.3 is 5.97 Å². The van der Waals surface area contributed by atoms with Crippen LogP contribution in [0.1, 0.15) is 71.0 Å². The molecule has 0 spiro atoms. The summed E-state index contributed by atoms with van der Waals surface area (Å²) in [6.07, 6.45) is 0. The summed E-state index contributed by atoms with van der Waals surface area (Å²) in [5, 5.41) is 14.1. The molecule has 0 N–H and O–H groups in total. The summed E-state index contributed by atoms with van der Waals surface area (Å²) in [5.41, 5.74) is 1.02. The van der Waals surface area contributed by atoms with Crippen LogP contribution in [0.3, 0.4) is 0 Å². The average Bonchev–Trinajstić information content (AvgIpc) is 2.94. The van der Waals surface area contributed by atoms with Crippen LogP contribution in [-0.4, -0.2) is 15.7 Å². The van der Waals surface area contributed by atoms with Gasteiger partial charge in [-0.15, -0.1) is 0 Å². The largest absolute Gasteiger partial charge is 0.422 e. The lowest BCUT2D eigenvalue weighted by Gasteiger charge is -2.21. The van der Waals surface area contributed by atoms with Gasteiger partial charge in [0.25, 0.3) is 0 Å². The van der Waals surface area contributed by atoms with Gasteiger partial charge < -0.3 is 4.74 Å². The van der Waals surface area contributed by atoms with E-state index in [9.17, 15) is 10.1 Å². The quantitative estimate of drug-likeness (QED) is 0.371. The lowest BCUT2D eigenvalue weighted by molar-refractivity contribution is -0.145. The van der Waals surface area contributed by atoms with Crippen LogP contribution >= 0.6 is 0 Å². The van der Waals surface area contributed by atoms with Gasteiger partial charge in [-0.1, -0.05) is 45.0 Å². The number of aryl methyl sites for hydroxylation is 2. The summed E-state index contributed by atoms with van der Waals surface area (Å²) < 4.78 is 22.1. The van der Waals surface area contributed by atoms with Crippen LogP contribution in [0.4, 0.5) is 4.39 Å². The Morgan fingerprint density at radius 1 is 1.17 bits per heavy atom. The summed E-state index contributed by atoms with van der Waals surface area (Å²) in [6.45, 7) is 15.1. The van der Waals surface area contributed by atoms with Crippen LogP contribution in [-0.2, 0) is 21.5 Å². The van der Waals surface area contributed by atoms with E-state index in [1.165, 1.54) is 4.68 Å². The van der Waals surface area contributed by atoms with Gasteiger partial charge in [0.15, 0.2) is 11.6 Å². The lowest BCUT2D eigenvalue weighted by atomic mass is 9.86. The second-order valence-corrected chi connectivity index (χ2v) is 9.35. The highest BCUT2D eigenvalue weighted by Crippen LogP contribution is 2.33. The number of halogens is 1. The lowest BCUT2D eigenvalue weighted by Crippen LogP contribution is -2.23. The molecule has 2 rings (SSSR count). The highest BCUT2D eigenvalue weighted by Gasteiger charge is 2.31. The molecule has 1 aromatic carbocycles. The van der Waals surface area contributed by atoms with E-state index in [0.29, 0.717) is 12.1 Å². The van der Waals surface area contributed by atoms with E-state index in [2.05, 4.69) is 31.9 Å². The Labute approximate surface area is 178 Å². The number of hydrogen-bond donors (Lipinski definition) is 0. The summed E-state index contributed by atoms with van der Waals surface area (Å²) in [7, 11) is 0. The molecule has 0 amide bonds. The maximum Gasteiger partial charge on any atom is 0.316 e. The number of carbonyl (C=O) groups is 1. The molecule has 160 valence electrons. The first-order chi connectivity index (χ1) is 13.8. The molecule has 0 bridgehead atoms. The standard InChI is InChI=1S/C24H30FN3O2/c1-9-28-20(19(25)15(2)27-28)21(30-22(29)24(6,7)8)18(14-26)16-10-12-17(13-11-16)23(3,4)5/h10-13H,9H2,1-8H3/b21-18-. The van der Waals surface area contributed by atoms with Crippen molar-refractivity contribution in [2.75, 3.05) is 0 Å². The predicted octanol–water partition coefficient (Wildman–Crippen LogP) is 5.63. The molecule has 5 nitrogen and oxygen atoms in total. The fourth-order valence-corrected chi connectivity index (χ4v) is 2.85. The monoisotopic (exact) mass is 411 g/mol. The van der Waals surface area contributed by atoms with Gasteiger partial charge in [0, 0.05) is 6.54 Å². The van der Waals surface area contributed by atoms with Crippen LogP contribution in [0.5, 0.6) is 0 Å². The SMILES string of the molecule is CCn1nc(C)c(F)c1/C(OC(=O)C(C)(C)C)=C(\C#N)c1ccc(C(C)(C)C)cc1. The molecular weight excluding hydrogens is 381 g/mol. The van der Waals surface area contributed by atoms with Gasteiger partial charge in [-0.3, -0.25) is 9.48 Å². The number of nitriles is 1. The first-order valence-electron chi connectivity index (χ1n) is 10.0. The van der Waals surface area contributed by atoms with Crippen molar-refractivity contribution in [3.05, 3.63) is 52.6 Å². The number of hydrogen-bond acceptors (Lipinski definition) is 4. The van der Waals surface area contributed by atoms with Gasteiger partial charge in [-0.05, 0) is 51.2 Å². The van der Waals surface area contributed by atoms with E-state index in [1.54, 1.807) is 39.8 Å². The van der Waals surface area contributed by atoms with Crippen LogP contribution in [0.15, 0.2) is 24.3 Å². The zero-order valence-electron chi connectivity index (χ0n) is 19.1. The Kier molecular flexibility index (Phi) is 6.56. The second-order valence-electron chi connectivity index (χ2n) is 9.35. The Morgan fingerprint density at radius 3 is 2.17 bits per heavy atom. The summed E-state index contributed by atoms with van der Waals surface area (Å²) in [6, 6.07) is 9.55. The van der Waals surface area contributed by atoms with Crippen LogP contribution < -0.4 is 0 Å². The molecule has 2 aromatic rings. The van der Waals surface area contributed by atoms with E-state index < -0.39 is 17.2 Å². The molecule has 0 aliphatic heterocycles. The summed E-state index contributed by atoms with van der Waals surface area (Å²) in [4.78, 5) is 12.7. The van der Waals surface area contributed by atoms with Crippen LogP contribution in [0, 0.1) is 29.5 Å². The second kappa shape index (κ2) is 8.43. The molecule has 30 heavy (non-hydrogen) atoms. The van der Waals surface area contributed by atoms with Gasteiger partial charge in [-0.2, -0.15) is 10.4 Å². The van der Waals surface area contributed by atoms with E-state index in [4.69, 9.17) is 4.74 Å². The van der Waals surface area contributed by atoms with E-state index in [-0.39, 0.29) is 28.1 Å². The molecular formula is C24H30FN3O2. The van der Waals surface area contributed by atoms with Crippen LogP contribution in [0.2, 0.25) is 0 Å². The van der Waals surface area contributed by atoms with Gasteiger partial charge in [0.1, 0.15) is 17.3 Å². The zero-order valence-corrected chi connectivity index (χ0v) is 19.1. The van der Waals surface area contributed by atoms with Crippen molar-refractivity contribution in [1.82, 2.24) is 9.78 Å². The minimum Gasteiger partial charge on any atom is -0.422 e. The number of rotatable bonds is 4. The highest BCUT2D eigenvalue weighted by molar-refractivity contribution is 5.97. The van der Waals surface area contributed by atoms with Crippen molar-refractivity contribution in [1.29, 1.82) is 5.26 Å². The smallest absolute Gasteiger partial charge is 0.316 e. The number of esters is 1. The minimum absolute atomic E-state index is 0.00375. The Hall–Kier alpha value is -2.94. The van der Waals surface area contributed by atoms with Crippen molar-refractivity contribution in [2.24, 2.45) is 5.41 Å². The normalized spacial score (nSPS) is 12.9. The van der Waals surface area contributed by atoms with Crippen molar-refractivity contribution in [2.45, 2.75) is 67.3 Å². The third-order valence-corrected chi connectivity index (χ3v) is 4.75. The van der Waals surface area contributed by atoms with E-state index >= 15 is 4.39 Å². The predicted molar refractivity (Wildman–Crippen MR) is 116 cm³/mol. The maximum atomic E-state index is 15.0. The molecule has 0 radical (unpaired) electrons. The average molecular weight is 412 g/mol. The maximum absolute atomic E-state index is 15.0. The fraction of sp³-hybridized carbons (Fsp3) is 0.458. The molecule has 0 aliphatic rings. The molecule has 0 saturated heterocycles. The number of ether oxygens (including phenoxy) is 1. The Bertz CT molecular complexity index is 1010. The molecule has 0 fully saturated rings. The number of carbonyl (C=O) groups excluding carboxylic acids is 1. The molecule has 0 unspecified atom stereocenters. The molecule has 0 saturated carbocycles. The highest BCUT2D eigenvalue weighted by atomic mass is 19.1. The first kappa shape index (κ1) is 23.3. The first-order valence-corrected chi connectivity index (χ1v) is 10.0. The van der Waals surface area contributed by atoms with Crippen molar-refractivity contribution < 1.29 is 13.9 Å². The number of aromatic nitrogens is 2. The topological polar surface area (TPSA) is 67.9 Å². The van der Waals surface area contributed by atoms with Gasteiger partial charge in [0.05, 0.1) is 11.1 Å². The van der Waals surface area contributed by atoms with E-state index in [1.807, 2.05) is 19.1 Å². The van der Waals surface area contributed by atoms with Crippen molar-refractivity contribution in [3.8, 4) is 6.07 Å². The zero-order chi connectivity index (χ0) is 22.9.